The first-order valence-electron chi connectivity index (χ1n) is 9.80. The number of carbonyl (C=O) groups is 1. The molecule has 0 atom stereocenters. The van der Waals surface area contributed by atoms with Crippen molar-refractivity contribution in [3.8, 4) is 0 Å². The van der Waals surface area contributed by atoms with E-state index >= 15 is 0 Å². The molecule has 160 valence electrons. The number of carbonyl (C=O) groups excluding carboxylic acids is 1. The van der Waals surface area contributed by atoms with E-state index in [2.05, 4.69) is 20.5 Å². The molecule has 1 aromatic carbocycles. The highest BCUT2D eigenvalue weighted by Gasteiger charge is 2.29. The number of ketones is 1. The number of sulfonamides is 1. The minimum atomic E-state index is -3.66. The van der Waals surface area contributed by atoms with E-state index < -0.39 is 10.0 Å². The fourth-order valence-corrected chi connectivity index (χ4v) is 4.79. The normalized spacial score (nSPS) is 14.9. The number of nitrogens with one attached hydrogen (secondary N) is 1. The molecule has 0 spiro atoms. The van der Waals surface area contributed by atoms with Crippen molar-refractivity contribution < 1.29 is 13.2 Å². The van der Waals surface area contributed by atoms with Crippen LogP contribution >= 0.6 is 0 Å². The van der Waals surface area contributed by atoms with E-state index in [1.807, 2.05) is 29.2 Å². The van der Waals surface area contributed by atoms with Gasteiger partial charge in [0.25, 0.3) is 0 Å². The summed E-state index contributed by atoms with van der Waals surface area (Å²) in [6.07, 6.45) is 3.38. The second-order valence-corrected chi connectivity index (χ2v) is 9.05. The van der Waals surface area contributed by atoms with Crippen LogP contribution in [0.5, 0.6) is 0 Å². The highest BCUT2D eigenvalue weighted by Crippen LogP contribution is 2.22. The Balaban J connectivity index is 1.40. The van der Waals surface area contributed by atoms with Crippen LogP contribution in [0.2, 0.25) is 0 Å². The van der Waals surface area contributed by atoms with Gasteiger partial charge in [0.15, 0.2) is 17.4 Å². The molecule has 2 aromatic heterocycles. The number of nitrogens with zero attached hydrogens (tertiary/aromatic N) is 5. The molecule has 1 aliphatic heterocycles. The SMILES string of the molecule is CC(=O)c1cccc(S(=O)(=O)N2CCN(c3ccc(Nc4ccncc4)nn3)CC2)c1. The van der Waals surface area contributed by atoms with Crippen molar-refractivity contribution in [2.24, 2.45) is 0 Å². The van der Waals surface area contributed by atoms with E-state index in [1.54, 1.807) is 24.5 Å². The van der Waals surface area contributed by atoms with Crippen molar-refractivity contribution in [1.29, 1.82) is 0 Å². The van der Waals surface area contributed by atoms with Gasteiger partial charge >= 0.3 is 0 Å². The fourth-order valence-electron chi connectivity index (χ4n) is 3.33. The predicted octanol–water partition coefficient (Wildman–Crippen LogP) is 2.33. The van der Waals surface area contributed by atoms with Crippen molar-refractivity contribution in [2.75, 3.05) is 36.4 Å². The van der Waals surface area contributed by atoms with E-state index in [4.69, 9.17) is 0 Å². The average molecular weight is 439 g/mol. The van der Waals surface area contributed by atoms with Gasteiger partial charge in [0, 0.05) is 49.8 Å². The third kappa shape index (κ3) is 4.70. The van der Waals surface area contributed by atoms with Crippen LogP contribution in [-0.4, -0.2) is 59.9 Å². The van der Waals surface area contributed by atoms with Crippen LogP contribution in [0.25, 0.3) is 0 Å². The molecule has 0 unspecified atom stereocenters. The van der Waals surface area contributed by atoms with Gasteiger partial charge in [-0.1, -0.05) is 12.1 Å². The first-order valence-corrected chi connectivity index (χ1v) is 11.2. The smallest absolute Gasteiger partial charge is 0.243 e. The van der Waals surface area contributed by atoms with Crippen LogP contribution < -0.4 is 10.2 Å². The third-order valence-corrected chi connectivity index (χ3v) is 6.94. The van der Waals surface area contributed by atoms with Gasteiger partial charge in [-0.25, -0.2) is 8.42 Å². The summed E-state index contributed by atoms with van der Waals surface area (Å²) in [4.78, 5) is 17.7. The summed E-state index contributed by atoms with van der Waals surface area (Å²) in [5.41, 5.74) is 1.25. The highest BCUT2D eigenvalue weighted by atomic mass is 32.2. The van der Waals surface area contributed by atoms with Gasteiger partial charge in [-0.05, 0) is 43.3 Å². The summed E-state index contributed by atoms with van der Waals surface area (Å²) < 4.78 is 27.4. The highest BCUT2D eigenvalue weighted by molar-refractivity contribution is 7.89. The lowest BCUT2D eigenvalue weighted by atomic mass is 10.2. The Hall–Kier alpha value is -3.37. The van der Waals surface area contributed by atoms with Gasteiger partial charge in [-0.15, -0.1) is 10.2 Å². The summed E-state index contributed by atoms with van der Waals surface area (Å²) in [5.74, 6) is 1.14. The van der Waals surface area contributed by atoms with E-state index in [1.165, 1.54) is 23.4 Å². The first-order chi connectivity index (χ1) is 14.9. The van der Waals surface area contributed by atoms with Gasteiger partial charge in [-0.3, -0.25) is 9.78 Å². The number of piperazine rings is 1. The number of hydrogen-bond donors (Lipinski definition) is 1. The zero-order chi connectivity index (χ0) is 21.8. The topological polar surface area (TPSA) is 108 Å². The molecule has 1 saturated heterocycles. The summed E-state index contributed by atoms with van der Waals surface area (Å²) in [5, 5.41) is 11.6. The van der Waals surface area contributed by atoms with E-state index in [9.17, 15) is 13.2 Å². The minimum Gasteiger partial charge on any atom is -0.352 e. The molecular formula is C21H22N6O3S. The van der Waals surface area contributed by atoms with Gasteiger partial charge < -0.3 is 10.2 Å². The molecule has 3 aromatic rings. The maximum absolute atomic E-state index is 13.0. The van der Waals surface area contributed by atoms with Crippen molar-refractivity contribution >= 4 is 33.1 Å². The molecule has 9 nitrogen and oxygen atoms in total. The number of benzene rings is 1. The average Bonchev–Trinajstić information content (AvgIpc) is 2.80. The maximum atomic E-state index is 13.0. The number of hydrogen-bond acceptors (Lipinski definition) is 8. The molecule has 3 heterocycles. The monoisotopic (exact) mass is 438 g/mol. The summed E-state index contributed by atoms with van der Waals surface area (Å²) in [6, 6.07) is 13.5. The first kappa shape index (κ1) is 20.9. The van der Waals surface area contributed by atoms with Crippen LogP contribution in [0.1, 0.15) is 17.3 Å². The lowest BCUT2D eigenvalue weighted by molar-refractivity contribution is 0.101. The van der Waals surface area contributed by atoms with Crippen LogP contribution in [0, 0.1) is 0 Å². The molecule has 1 N–H and O–H groups in total. The Morgan fingerprint density at radius 3 is 2.35 bits per heavy atom. The number of rotatable bonds is 6. The second kappa shape index (κ2) is 8.78. The number of pyridine rings is 1. The molecule has 0 amide bonds. The molecule has 0 aliphatic carbocycles. The molecular weight excluding hydrogens is 416 g/mol. The van der Waals surface area contributed by atoms with Crippen molar-refractivity contribution in [3.05, 3.63) is 66.5 Å². The number of anilines is 3. The Bertz CT molecular complexity index is 1160. The molecule has 0 bridgehead atoms. The molecule has 1 fully saturated rings. The van der Waals surface area contributed by atoms with Crippen molar-refractivity contribution in [3.63, 3.8) is 0 Å². The Kier molecular flexibility index (Phi) is 5.92. The minimum absolute atomic E-state index is 0.139. The van der Waals surface area contributed by atoms with E-state index in [-0.39, 0.29) is 10.7 Å². The second-order valence-electron chi connectivity index (χ2n) is 7.11. The van der Waals surface area contributed by atoms with Gasteiger partial charge in [0.2, 0.25) is 10.0 Å². The molecule has 10 heteroatoms. The van der Waals surface area contributed by atoms with Crippen LogP contribution in [0.4, 0.5) is 17.3 Å². The Morgan fingerprint density at radius 1 is 0.968 bits per heavy atom. The molecule has 0 radical (unpaired) electrons. The molecule has 0 saturated carbocycles. The summed E-state index contributed by atoms with van der Waals surface area (Å²) >= 11 is 0. The molecule has 31 heavy (non-hydrogen) atoms. The van der Waals surface area contributed by atoms with E-state index in [0.29, 0.717) is 43.4 Å². The maximum Gasteiger partial charge on any atom is 0.243 e. The van der Waals surface area contributed by atoms with E-state index in [0.717, 1.165) is 5.69 Å². The van der Waals surface area contributed by atoms with Crippen LogP contribution in [0.15, 0.2) is 65.8 Å². The van der Waals surface area contributed by atoms with Crippen molar-refractivity contribution in [1.82, 2.24) is 19.5 Å². The van der Waals surface area contributed by atoms with Crippen molar-refractivity contribution in [2.45, 2.75) is 11.8 Å². The largest absolute Gasteiger partial charge is 0.352 e. The fraction of sp³-hybridized carbons (Fsp3) is 0.238. The zero-order valence-corrected chi connectivity index (χ0v) is 17.8. The van der Waals surface area contributed by atoms with Gasteiger partial charge in [-0.2, -0.15) is 4.31 Å². The van der Waals surface area contributed by atoms with Gasteiger partial charge in [0.1, 0.15) is 0 Å². The Morgan fingerprint density at radius 2 is 1.71 bits per heavy atom. The quantitative estimate of drug-likeness (QED) is 0.584. The molecule has 1 aliphatic rings. The van der Waals surface area contributed by atoms with Crippen LogP contribution in [-0.2, 0) is 10.0 Å². The number of aromatic nitrogens is 3. The zero-order valence-electron chi connectivity index (χ0n) is 17.0. The predicted molar refractivity (Wildman–Crippen MR) is 117 cm³/mol. The van der Waals surface area contributed by atoms with Crippen LogP contribution in [0.3, 0.4) is 0 Å². The standard InChI is InChI=1S/C21H22N6O3S/c1-16(28)17-3-2-4-19(15-17)31(29,30)27-13-11-26(12-14-27)21-6-5-20(24-25-21)23-18-7-9-22-10-8-18/h2-10,15H,11-14H2,1H3,(H,22,23,24). The van der Waals surface area contributed by atoms with Gasteiger partial charge in [0.05, 0.1) is 4.90 Å². The lowest BCUT2D eigenvalue weighted by Crippen LogP contribution is -2.49. The summed E-state index contributed by atoms with van der Waals surface area (Å²) in [7, 11) is -3.66. The lowest BCUT2D eigenvalue weighted by Gasteiger charge is -2.34. The molecule has 4 rings (SSSR count). The summed E-state index contributed by atoms with van der Waals surface area (Å²) in [6.45, 7) is 3.06. The Labute approximate surface area is 180 Å². The third-order valence-electron chi connectivity index (χ3n) is 5.04. The number of Topliss-reactive ketones (excluding diaryl/α,β-unsaturated/α-hetero) is 1.